The van der Waals surface area contributed by atoms with Gasteiger partial charge in [0.15, 0.2) is 5.06 Å². The Morgan fingerprint density at radius 1 is 1.43 bits per heavy atom. The zero-order valence-electron chi connectivity index (χ0n) is 8.62. The van der Waals surface area contributed by atoms with Crippen molar-refractivity contribution in [3.8, 4) is 5.06 Å². The van der Waals surface area contributed by atoms with Crippen molar-refractivity contribution < 1.29 is 13.6 Å². The Bertz CT molecular complexity index is 322. The van der Waals surface area contributed by atoms with Gasteiger partial charge in [-0.05, 0) is 23.8 Å². The molecule has 1 aromatic rings. The van der Waals surface area contributed by atoms with Gasteiger partial charge in [-0.15, -0.1) is 11.3 Å². The fourth-order valence-electron chi connectivity index (χ4n) is 1.27. The zero-order valence-corrected chi connectivity index (χ0v) is 10.4. The highest BCUT2D eigenvalue weighted by atomic mass is 32.1. The minimum atomic E-state index is -2.35. The van der Waals surface area contributed by atoms with Crippen LogP contribution in [0, 0.1) is 0 Å². The molecule has 0 spiro atoms. The molecular formula is C9H15O3PS. The van der Waals surface area contributed by atoms with Crippen LogP contribution in [0.5, 0.6) is 5.06 Å². The standard InChI is InChI=1S/C9H15O3PS/c1-4-7-6-14-9(8(7)5-2)12-13(10)11-3/h6,13H,4-5H2,1-3H3. The second-order valence-electron chi connectivity index (χ2n) is 2.79. The van der Waals surface area contributed by atoms with Gasteiger partial charge in [0.2, 0.25) is 0 Å². The molecule has 0 aromatic carbocycles. The van der Waals surface area contributed by atoms with Crippen molar-refractivity contribution in [3.05, 3.63) is 16.5 Å². The van der Waals surface area contributed by atoms with Crippen molar-refractivity contribution in [1.82, 2.24) is 0 Å². The molecular weight excluding hydrogens is 219 g/mol. The molecule has 5 heteroatoms. The minimum Gasteiger partial charge on any atom is -0.415 e. The smallest absolute Gasteiger partial charge is 0.368 e. The van der Waals surface area contributed by atoms with E-state index >= 15 is 0 Å². The van der Waals surface area contributed by atoms with Crippen molar-refractivity contribution >= 4 is 19.6 Å². The lowest BCUT2D eigenvalue weighted by molar-refractivity contribution is 0.351. The van der Waals surface area contributed by atoms with Gasteiger partial charge in [0, 0.05) is 12.7 Å². The average Bonchev–Trinajstić information content (AvgIpc) is 2.59. The molecule has 80 valence electrons. The largest absolute Gasteiger partial charge is 0.415 e. The highest BCUT2D eigenvalue weighted by molar-refractivity contribution is 7.34. The molecule has 0 fully saturated rings. The van der Waals surface area contributed by atoms with Gasteiger partial charge in [0.1, 0.15) is 0 Å². The van der Waals surface area contributed by atoms with Crippen molar-refractivity contribution in [2.75, 3.05) is 7.11 Å². The van der Waals surface area contributed by atoms with E-state index in [2.05, 4.69) is 23.8 Å². The van der Waals surface area contributed by atoms with Crippen molar-refractivity contribution in [1.29, 1.82) is 0 Å². The number of hydrogen-bond acceptors (Lipinski definition) is 4. The Balaban J connectivity index is 2.86. The van der Waals surface area contributed by atoms with Crippen LogP contribution >= 0.6 is 19.6 Å². The van der Waals surface area contributed by atoms with E-state index in [4.69, 9.17) is 4.52 Å². The van der Waals surface area contributed by atoms with Crippen LogP contribution in [-0.2, 0) is 21.9 Å². The van der Waals surface area contributed by atoms with E-state index in [-0.39, 0.29) is 0 Å². The third-order valence-electron chi connectivity index (χ3n) is 2.02. The first kappa shape index (κ1) is 11.8. The molecule has 0 aliphatic heterocycles. The Labute approximate surface area is 89.0 Å². The van der Waals surface area contributed by atoms with E-state index in [0.717, 1.165) is 23.5 Å². The summed E-state index contributed by atoms with van der Waals surface area (Å²) in [6.07, 6.45) is 1.89. The molecule has 1 aromatic heterocycles. The average molecular weight is 234 g/mol. The Hall–Kier alpha value is -0.310. The van der Waals surface area contributed by atoms with Crippen LogP contribution in [0.4, 0.5) is 0 Å². The van der Waals surface area contributed by atoms with Gasteiger partial charge in [-0.25, -0.2) is 4.57 Å². The summed E-state index contributed by atoms with van der Waals surface area (Å²) in [4.78, 5) is 0. The molecule has 1 unspecified atom stereocenters. The Morgan fingerprint density at radius 2 is 2.14 bits per heavy atom. The normalized spacial score (nSPS) is 12.8. The molecule has 1 rings (SSSR count). The van der Waals surface area contributed by atoms with Crippen LogP contribution in [0.25, 0.3) is 0 Å². The molecule has 0 radical (unpaired) electrons. The summed E-state index contributed by atoms with van der Waals surface area (Å²) >= 11 is 1.49. The van der Waals surface area contributed by atoms with Gasteiger partial charge >= 0.3 is 8.25 Å². The van der Waals surface area contributed by atoms with E-state index in [0.29, 0.717) is 0 Å². The highest BCUT2D eigenvalue weighted by Gasteiger charge is 2.11. The Kier molecular flexibility index (Phi) is 4.66. The molecule has 0 bridgehead atoms. The SMILES string of the molecule is CCc1csc(O[PH](=O)OC)c1CC. The summed E-state index contributed by atoms with van der Waals surface area (Å²) in [6, 6.07) is 0. The minimum absolute atomic E-state index is 0.745. The summed E-state index contributed by atoms with van der Waals surface area (Å²) in [5.41, 5.74) is 2.44. The van der Waals surface area contributed by atoms with Crippen molar-refractivity contribution in [2.24, 2.45) is 0 Å². The van der Waals surface area contributed by atoms with E-state index in [1.807, 2.05) is 0 Å². The first-order chi connectivity index (χ1) is 6.72. The molecule has 3 nitrogen and oxygen atoms in total. The predicted octanol–water partition coefficient (Wildman–Crippen LogP) is 3.29. The Morgan fingerprint density at radius 3 is 2.64 bits per heavy atom. The first-order valence-electron chi connectivity index (χ1n) is 4.57. The first-order valence-corrected chi connectivity index (χ1v) is 6.68. The molecule has 0 saturated heterocycles. The maximum absolute atomic E-state index is 11.1. The van der Waals surface area contributed by atoms with Gasteiger partial charge in [0.25, 0.3) is 0 Å². The van der Waals surface area contributed by atoms with Gasteiger partial charge in [-0.3, -0.25) is 0 Å². The quantitative estimate of drug-likeness (QED) is 0.733. The summed E-state index contributed by atoms with van der Waals surface area (Å²) in [5.74, 6) is 0. The fourth-order valence-corrected chi connectivity index (χ4v) is 3.00. The van der Waals surface area contributed by atoms with Gasteiger partial charge < -0.3 is 9.05 Å². The summed E-state index contributed by atoms with van der Waals surface area (Å²) in [7, 11) is -0.957. The lowest BCUT2D eigenvalue weighted by atomic mass is 10.1. The fraction of sp³-hybridized carbons (Fsp3) is 0.556. The van der Waals surface area contributed by atoms with E-state index in [9.17, 15) is 4.57 Å². The maximum Gasteiger partial charge on any atom is 0.368 e. The van der Waals surface area contributed by atoms with Crippen LogP contribution in [0.1, 0.15) is 25.0 Å². The molecule has 0 saturated carbocycles. The molecule has 0 amide bonds. The lowest BCUT2D eigenvalue weighted by Gasteiger charge is -2.04. The van der Waals surface area contributed by atoms with E-state index in [1.165, 1.54) is 24.0 Å². The molecule has 0 aliphatic rings. The summed E-state index contributed by atoms with van der Waals surface area (Å²) in [6.45, 7) is 4.17. The number of aryl methyl sites for hydroxylation is 1. The topological polar surface area (TPSA) is 35.5 Å². The molecule has 0 aliphatic carbocycles. The monoisotopic (exact) mass is 234 g/mol. The lowest BCUT2D eigenvalue weighted by Crippen LogP contribution is -1.88. The molecule has 1 heterocycles. The molecule has 1 atom stereocenters. The van der Waals surface area contributed by atoms with Gasteiger partial charge in [-0.2, -0.15) is 0 Å². The van der Waals surface area contributed by atoms with Crippen LogP contribution in [0.3, 0.4) is 0 Å². The third kappa shape index (κ3) is 2.59. The second-order valence-corrected chi connectivity index (χ2v) is 4.74. The second kappa shape index (κ2) is 5.54. The number of thiophene rings is 1. The summed E-state index contributed by atoms with van der Waals surface area (Å²) < 4.78 is 20.9. The summed E-state index contributed by atoms with van der Waals surface area (Å²) in [5, 5.41) is 2.80. The van der Waals surface area contributed by atoms with Crippen molar-refractivity contribution in [3.63, 3.8) is 0 Å². The zero-order chi connectivity index (χ0) is 10.6. The molecule has 14 heavy (non-hydrogen) atoms. The maximum atomic E-state index is 11.1. The highest BCUT2D eigenvalue weighted by Crippen LogP contribution is 2.37. The number of rotatable bonds is 5. The van der Waals surface area contributed by atoms with Gasteiger partial charge in [0.05, 0.1) is 0 Å². The van der Waals surface area contributed by atoms with Gasteiger partial charge in [-0.1, -0.05) is 13.8 Å². The number of hydrogen-bond donors (Lipinski definition) is 0. The van der Waals surface area contributed by atoms with Crippen LogP contribution < -0.4 is 4.52 Å². The van der Waals surface area contributed by atoms with Crippen LogP contribution in [-0.4, -0.2) is 7.11 Å². The van der Waals surface area contributed by atoms with Crippen molar-refractivity contribution in [2.45, 2.75) is 26.7 Å². The molecule has 0 N–H and O–H groups in total. The van der Waals surface area contributed by atoms with E-state index in [1.54, 1.807) is 0 Å². The van der Waals surface area contributed by atoms with Crippen LogP contribution in [0.2, 0.25) is 0 Å². The van der Waals surface area contributed by atoms with E-state index < -0.39 is 8.25 Å². The third-order valence-corrected chi connectivity index (χ3v) is 3.82. The predicted molar refractivity (Wildman–Crippen MR) is 59.7 cm³/mol. The van der Waals surface area contributed by atoms with Crippen LogP contribution in [0.15, 0.2) is 5.38 Å².